The first-order chi connectivity index (χ1) is 10.2. The van der Waals surface area contributed by atoms with Crippen molar-refractivity contribution < 1.29 is 0 Å². The van der Waals surface area contributed by atoms with Crippen LogP contribution in [0.5, 0.6) is 0 Å². The number of benzene rings is 1. The van der Waals surface area contributed by atoms with Crippen molar-refractivity contribution in [2.24, 2.45) is 0 Å². The van der Waals surface area contributed by atoms with Crippen molar-refractivity contribution in [3.05, 3.63) is 56.7 Å². The van der Waals surface area contributed by atoms with Gasteiger partial charge in [-0.05, 0) is 19.1 Å². The Labute approximate surface area is 123 Å². The number of thiazole rings is 1. The molecule has 4 rings (SSSR count). The second-order valence-electron chi connectivity index (χ2n) is 4.77. The number of hydrogen-bond acceptors (Lipinski definition) is 5. The Balaban J connectivity index is 1.91. The largest absolute Gasteiger partial charge is 0.348 e. The van der Waals surface area contributed by atoms with Crippen molar-refractivity contribution in [1.29, 1.82) is 0 Å². The first-order valence-electron chi connectivity index (χ1n) is 6.48. The van der Waals surface area contributed by atoms with Crippen molar-refractivity contribution in [2.75, 3.05) is 0 Å². The second kappa shape index (κ2) is 4.49. The third-order valence-electron chi connectivity index (χ3n) is 3.26. The van der Waals surface area contributed by atoms with Gasteiger partial charge in [-0.1, -0.05) is 12.1 Å². The third kappa shape index (κ3) is 2.02. The molecule has 0 unspecified atom stereocenters. The molecular weight excluding hydrogens is 286 g/mol. The van der Waals surface area contributed by atoms with Crippen molar-refractivity contribution in [3.63, 3.8) is 0 Å². The Kier molecular flexibility index (Phi) is 2.61. The average molecular weight is 297 g/mol. The predicted molar refractivity (Wildman–Crippen MR) is 80.8 cm³/mol. The molecule has 3 heterocycles. The Bertz CT molecular complexity index is 1010. The lowest BCUT2D eigenvalue weighted by Gasteiger charge is -1.97. The molecule has 0 fully saturated rings. The summed E-state index contributed by atoms with van der Waals surface area (Å²) >= 11 is 1.59. The van der Waals surface area contributed by atoms with E-state index in [9.17, 15) is 4.79 Å². The number of aromatic nitrogens is 5. The molecule has 0 aliphatic carbocycles. The molecule has 0 atom stereocenters. The fourth-order valence-electron chi connectivity index (χ4n) is 2.35. The van der Waals surface area contributed by atoms with Gasteiger partial charge >= 0.3 is 5.69 Å². The van der Waals surface area contributed by atoms with Gasteiger partial charge in [0.05, 0.1) is 22.6 Å². The van der Waals surface area contributed by atoms with Crippen LogP contribution in [0.25, 0.3) is 16.6 Å². The summed E-state index contributed by atoms with van der Waals surface area (Å²) in [5, 5.41) is 8.17. The van der Waals surface area contributed by atoms with Crippen LogP contribution in [0.4, 0.5) is 0 Å². The lowest BCUT2D eigenvalue weighted by atomic mass is 10.2. The van der Waals surface area contributed by atoms with E-state index < -0.39 is 0 Å². The number of nitrogens with one attached hydrogen (secondary N) is 1. The number of nitrogens with zero attached hydrogens (tertiary/aromatic N) is 4. The number of para-hydroxylation sites is 1. The monoisotopic (exact) mass is 297 g/mol. The van der Waals surface area contributed by atoms with Gasteiger partial charge in [-0.15, -0.1) is 16.4 Å². The minimum absolute atomic E-state index is 0.281. The van der Waals surface area contributed by atoms with E-state index >= 15 is 0 Å². The zero-order valence-corrected chi connectivity index (χ0v) is 12.0. The molecule has 7 heteroatoms. The van der Waals surface area contributed by atoms with E-state index in [-0.39, 0.29) is 5.69 Å². The molecule has 0 aliphatic heterocycles. The highest BCUT2D eigenvalue weighted by Gasteiger charge is 2.11. The van der Waals surface area contributed by atoms with Crippen molar-refractivity contribution in [1.82, 2.24) is 24.6 Å². The van der Waals surface area contributed by atoms with Crippen molar-refractivity contribution >= 4 is 27.9 Å². The van der Waals surface area contributed by atoms with Gasteiger partial charge in [0, 0.05) is 10.8 Å². The summed E-state index contributed by atoms with van der Waals surface area (Å²) in [7, 11) is 0. The maximum absolute atomic E-state index is 12.1. The number of aryl methyl sites for hydroxylation is 1. The van der Waals surface area contributed by atoms with Gasteiger partial charge in [-0.2, -0.15) is 4.52 Å². The van der Waals surface area contributed by atoms with Gasteiger partial charge in [0.25, 0.3) is 0 Å². The summed E-state index contributed by atoms with van der Waals surface area (Å²) in [6.07, 6.45) is 0.528. The Morgan fingerprint density at radius 3 is 2.95 bits per heavy atom. The lowest BCUT2D eigenvalue weighted by Crippen LogP contribution is -2.17. The van der Waals surface area contributed by atoms with Gasteiger partial charge in [0.2, 0.25) is 0 Å². The third-order valence-corrected chi connectivity index (χ3v) is 4.08. The van der Waals surface area contributed by atoms with E-state index in [1.165, 1.54) is 4.52 Å². The van der Waals surface area contributed by atoms with E-state index in [1.54, 1.807) is 11.3 Å². The smallest absolute Gasteiger partial charge is 0.305 e. The normalized spacial score (nSPS) is 11.5. The predicted octanol–water partition coefficient (Wildman–Crippen LogP) is 1.93. The number of rotatable bonds is 2. The maximum atomic E-state index is 12.1. The summed E-state index contributed by atoms with van der Waals surface area (Å²) < 4.78 is 1.32. The minimum atomic E-state index is -0.281. The van der Waals surface area contributed by atoms with E-state index in [0.717, 1.165) is 21.6 Å². The van der Waals surface area contributed by atoms with E-state index in [4.69, 9.17) is 0 Å². The van der Waals surface area contributed by atoms with Gasteiger partial charge in [0.1, 0.15) is 0 Å². The number of hydrogen-bond donors (Lipinski definition) is 1. The van der Waals surface area contributed by atoms with Gasteiger partial charge < -0.3 is 4.98 Å². The zero-order chi connectivity index (χ0) is 14.4. The molecule has 21 heavy (non-hydrogen) atoms. The molecule has 0 saturated carbocycles. The summed E-state index contributed by atoms with van der Waals surface area (Å²) in [6.45, 7) is 1.96. The number of H-pyrrole nitrogens is 1. The first kappa shape index (κ1) is 12.2. The van der Waals surface area contributed by atoms with Crippen LogP contribution in [-0.2, 0) is 6.42 Å². The molecule has 6 nitrogen and oxygen atoms in total. The molecule has 0 spiro atoms. The first-order valence-corrected chi connectivity index (χ1v) is 7.36. The van der Waals surface area contributed by atoms with Crippen LogP contribution in [0, 0.1) is 6.92 Å². The average Bonchev–Trinajstić information content (AvgIpc) is 3.06. The van der Waals surface area contributed by atoms with Crippen LogP contribution in [-0.4, -0.2) is 24.6 Å². The van der Waals surface area contributed by atoms with Gasteiger partial charge in [0.15, 0.2) is 11.5 Å². The Morgan fingerprint density at radius 2 is 2.14 bits per heavy atom. The van der Waals surface area contributed by atoms with Crippen molar-refractivity contribution in [2.45, 2.75) is 13.3 Å². The topological polar surface area (TPSA) is 75.9 Å². The summed E-state index contributed by atoms with van der Waals surface area (Å²) in [5.74, 6) is 0.599. The number of fused-ring (bicyclic) bond motifs is 3. The van der Waals surface area contributed by atoms with E-state index in [1.807, 2.05) is 36.6 Å². The quantitative estimate of drug-likeness (QED) is 0.613. The molecule has 1 aromatic carbocycles. The van der Waals surface area contributed by atoms with Crippen LogP contribution in [0.2, 0.25) is 0 Å². The van der Waals surface area contributed by atoms with Crippen LogP contribution in [0.3, 0.4) is 0 Å². The zero-order valence-electron chi connectivity index (χ0n) is 11.2. The molecule has 0 saturated heterocycles. The lowest BCUT2D eigenvalue weighted by molar-refractivity contribution is 0.841. The molecule has 0 aliphatic rings. The van der Waals surface area contributed by atoms with Crippen LogP contribution >= 0.6 is 11.3 Å². The second-order valence-corrected chi connectivity index (χ2v) is 5.84. The summed E-state index contributed by atoms with van der Waals surface area (Å²) in [5.41, 5.74) is 1.99. The highest BCUT2D eigenvalue weighted by Crippen LogP contribution is 2.16. The summed E-state index contributed by atoms with van der Waals surface area (Å²) in [6, 6.07) is 7.57. The Hall–Kier alpha value is -2.54. The highest BCUT2D eigenvalue weighted by atomic mass is 32.1. The van der Waals surface area contributed by atoms with E-state index in [0.29, 0.717) is 17.9 Å². The number of aromatic amines is 1. The van der Waals surface area contributed by atoms with Crippen LogP contribution < -0.4 is 5.69 Å². The SMILES string of the molecule is Cc1nc(Cc2nc3c4ccccc4[nH]c(=O)n3n2)cs1. The Morgan fingerprint density at radius 1 is 1.29 bits per heavy atom. The maximum Gasteiger partial charge on any atom is 0.348 e. The summed E-state index contributed by atoms with van der Waals surface area (Å²) in [4.78, 5) is 23.8. The molecular formula is C14H11N5OS. The molecule has 4 aromatic rings. The van der Waals surface area contributed by atoms with Crippen LogP contribution in [0.1, 0.15) is 16.5 Å². The molecule has 0 bridgehead atoms. The fraction of sp³-hybridized carbons (Fsp3) is 0.143. The van der Waals surface area contributed by atoms with Crippen LogP contribution in [0.15, 0.2) is 34.4 Å². The molecule has 0 radical (unpaired) electrons. The molecule has 1 N–H and O–H groups in total. The molecule has 0 amide bonds. The minimum Gasteiger partial charge on any atom is -0.305 e. The van der Waals surface area contributed by atoms with Gasteiger partial charge in [-0.3, -0.25) is 0 Å². The molecule has 3 aromatic heterocycles. The van der Waals surface area contributed by atoms with Crippen molar-refractivity contribution in [3.8, 4) is 0 Å². The van der Waals surface area contributed by atoms with Gasteiger partial charge in [-0.25, -0.2) is 14.8 Å². The molecule has 104 valence electrons. The fourth-order valence-corrected chi connectivity index (χ4v) is 2.96. The highest BCUT2D eigenvalue weighted by molar-refractivity contribution is 7.09. The standard InChI is InChI=1S/C14H11N5OS/c1-8-15-9(7-21-8)6-12-17-13-10-4-2-3-5-11(10)16-14(20)19(13)18-12/h2-5,7H,6H2,1H3,(H,16,20). The van der Waals surface area contributed by atoms with E-state index in [2.05, 4.69) is 20.1 Å².